The van der Waals surface area contributed by atoms with E-state index in [1.54, 1.807) is 14.2 Å². The number of likely N-dealkylation sites (tertiary alicyclic amines) is 1. The molecule has 4 nitrogen and oxygen atoms in total. The number of benzene rings is 2. The fraction of sp³-hybridized carbons (Fsp3) is 0.480. The van der Waals surface area contributed by atoms with E-state index in [9.17, 15) is 0 Å². The third kappa shape index (κ3) is 4.64. The molecule has 1 aliphatic rings. The zero-order valence-corrected chi connectivity index (χ0v) is 18.4. The average molecular weight is 395 g/mol. The van der Waals surface area contributed by atoms with Crippen LogP contribution in [0.4, 0.5) is 0 Å². The van der Waals surface area contributed by atoms with Crippen molar-refractivity contribution >= 4 is 6.21 Å². The van der Waals surface area contributed by atoms with Gasteiger partial charge in [-0.3, -0.25) is 4.99 Å². The van der Waals surface area contributed by atoms with Crippen LogP contribution in [0.5, 0.6) is 11.5 Å². The molecule has 156 valence electrons. The first-order valence-electron chi connectivity index (χ1n) is 10.5. The molecule has 1 aliphatic heterocycles. The summed E-state index contributed by atoms with van der Waals surface area (Å²) in [6.07, 6.45) is 4.17. The lowest BCUT2D eigenvalue weighted by Gasteiger charge is -2.49. The fourth-order valence-electron chi connectivity index (χ4n) is 4.70. The maximum Gasteiger partial charge on any atom is 0.161 e. The minimum atomic E-state index is 0.169. The van der Waals surface area contributed by atoms with E-state index < -0.39 is 0 Å². The smallest absolute Gasteiger partial charge is 0.161 e. The molecule has 2 aromatic carbocycles. The van der Waals surface area contributed by atoms with Gasteiger partial charge < -0.3 is 14.4 Å². The predicted octanol–water partition coefficient (Wildman–Crippen LogP) is 4.81. The Bertz CT molecular complexity index is 821. The number of hydrogen-bond acceptors (Lipinski definition) is 4. The molecule has 3 rings (SSSR count). The molecule has 0 saturated carbocycles. The molecule has 0 bridgehead atoms. The van der Waals surface area contributed by atoms with E-state index in [1.165, 1.54) is 12.0 Å². The maximum atomic E-state index is 5.40. The Kier molecular flexibility index (Phi) is 6.96. The molecular formula is C25H34N2O2. The van der Waals surface area contributed by atoms with Crippen LogP contribution in [0.15, 0.2) is 53.5 Å². The first-order valence-corrected chi connectivity index (χ1v) is 10.5. The Balaban J connectivity index is 1.77. The van der Waals surface area contributed by atoms with E-state index in [4.69, 9.17) is 14.5 Å². The fourth-order valence-corrected chi connectivity index (χ4v) is 4.70. The largest absolute Gasteiger partial charge is 0.493 e. The second-order valence-electron chi connectivity index (χ2n) is 8.32. The summed E-state index contributed by atoms with van der Waals surface area (Å²) in [7, 11) is 5.55. The Morgan fingerprint density at radius 3 is 2.48 bits per heavy atom. The summed E-state index contributed by atoms with van der Waals surface area (Å²) < 4.78 is 10.7. The van der Waals surface area contributed by atoms with E-state index in [0.29, 0.717) is 12.0 Å². The van der Waals surface area contributed by atoms with E-state index in [1.807, 2.05) is 24.4 Å². The molecule has 0 N–H and O–H groups in total. The van der Waals surface area contributed by atoms with Crippen molar-refractivity contribution in [3.05, 3.63) is 59.7 Å². The second-order valence-corrected chi connectivity index (χ2v) is 8.32. The molecule has 1 fully saturated rings. The minimum absolute atomic E-state index is 0.169. The van der Waals surface area contributed by atoms with Gasteiger partial charge in [0.15, 0.2) is 11.5 Å². The highest BCUT2D eigenvalue weighted by molar-refractivity contribution is 5.80. The SMILES string of the molecule is COc1ccc(C=NCC[C@@]2(c3ccccc3)C[C@H](C)N(C)C[C@H]2C)cc1OC. The highest BCUT2D eigenvalue weighted by Crippen LogP contribution is 2.44. The van der Waals surface area contributed by atoms with Crippen LogP contribution in [0.2, 0.25) is 0 Å². The first-order chi connectivity index (χ1) is 14.0. The zero-order chi connectivity index (χ0) is 20.9. The van der Waals surface area contributed by atoms with Crippen LogP contribution in [-0.4, -0.2) is 51.5 Å². The molecule has 0 spiro atoms. The molecule has 0 aliphatic carbocycles. The molecule has 4 heteroatoms. The van der Waals surface area contributed by atoms with Gasteiger partial charge in [-0.15, -0.1) is 0 Å². The summed E-state index contributed by atoms with van der Waals surface area (Å²) in [5.74, 6) is 2.05. The van der Waals surface area contributed by atoms with E-state index in [0.717, 1.165) is 36.6 Å². The average Bonchev–Trinajstić information content (AvgIpc) is 2.75. The van der Waals surface area contributed by atoms with Gasteiger partial charge in [-0.2, -0.15) is 0 Å². The van der Waals surface area contributed by atoms with Gasteiger partial charge in [0, 0.05) is 30.8 Å². The number of aliphatic imine (C=N–C) groups is 1. The van der Waals surface area contributed by atoms with Gasteiger partial charge in [0.2, 0.25) is 0 Å². The van der Waals surface area contributed by atoms with Gasteiger partial charge >= 0.3 is 0 Å². The van der Waals surface area contributed by atoms with E-state index in [-0.39, 0.29) is 5.41 Å². The third-order valence-corrected chi connectivity index (χ3v) is 6.60. The molecule has 2 aromatic rings. The van der Waals surface area contributed by atoms with Gasteiger partial charge in [0.05, 0.1) is 14.2 Å². The monoisotopic (exact) mass is 394 g/mol. The minimum Gasteiger partial charge on any atom is -0.493 e. The van der Waals surface area contributed by atoms with Crippen LogP contribution in [0, 0.1) is 5.92 Å². The number of piperidine rings is 1. The van der Waals surface area contributed by atoms with Crippen molar-refractivity contribution in [3.63, 3.8) is 0 Å². The molecule has 1 saturated heterocycles. The lowest BCUT2D eigenvalue weighted by atomic mass is 9.63. The zero-order valence-electron chi connectivity index (χ0n) is 18.4. The first kappa shape index (κ1) is 21.4. The lowest BCUT2D eigenvalue weighted by molar-refractivity contribution is 0.0705. The molecular weight excluding hydrogens is 360 g/mol. The number of rotatable bonds is 7. The van der Waals surface area contributed by atoms with Crippen molar-refractivity contribution in [2.24, 2.45) is 10.9 Å². The van der Waals surface area contributed by atoms with Gasteiger partial charge in [0.25, 0.3) is 0 Å². The standard InChI is InChI=1S/C25H34N2O2/c1-19-18-27(3)20(2)16-25(19,22-9-7-6-8-10-22)13-14-26-17-21-11-12-23(28-4)24(15-21)29-5/h6-12,15,17,19-20H,13-14,16,18H2,1-5H3/t19-,20+,25-/m1/s1. The summed E-state index contributed by atoms with van der Waals surface area (Å²) in [5, 5.41) is 0. The van der Waals surface area contributed by atoms with Crippen molar-refractivity contribution < 1.29 is 9.47 Å². The summed E-state index contributed by atoms with van der Waals surface area (Å²) in [5.41, 5.74) is 2.65. The van der Waals surface area contributed by atoms with Crippen molar-refractivity contribution in [2.75, 3.05) is 34.4 Å². The van der Waals surface area contributed by atoms with Crippen LogP contribution in [0.3, 0.4) is 0 Å². The van der Waals surface area contributed by atoms with E-state index >= 15 is 0 Å². The summed E-state index contributed by atoms with van der Waals surface area (Å²) in [6.45, 7) is 6.67. The van der Waals surface area contributed by atoms with Crippen LogP contribution < -0.4 is 9.47 Å². The molecule has 0 radical (unpaired) electrons. The highest BCUT2D eigenvalue weighted by atomic mass is 16.5. The highest BCUT2D eigenvalue weighted by Gasteiger charge is 2.43. The molecule has 29 heavy (non-hydrogen) atoms. The molecule has 3 atom stereocenters. The number of nitrogens with zero attached hydrogens (tertiary/aromatic N) is 2. The molecule has 0 aromatic heterocycles. The third-order valence-electron chi connectivity index (χ3n) is 6.60. The number of ether oxygens (including phenoxy) is 2. The normalized spacial score (nSPS) is 25.3. The van der Waals surface area contributed by atoms with E-state index in [2.05, 4.69) is 56.1 Å². The summed E-state index contributed by atoms with van der Waals surface area (Å²) in [4.78, 5) is 7.27. The topological polar surface area (TPSA) is 34.1 Å². The second kappa shape index (κ2) is 9.45. The number of hydrogen-bond donors (Lipinski definition) is 0. The van der Waals surface area contributed by atoms with Gasteiger partial charge in [-0.1, -0.05) is 37.3 Å². The maximum absolute atomic E-state index is 5.40. The van der Waals surface area contributed by atoms with Crippen molar-refractivity contribution in [1.29, 1.82) is 0 Å². The summed E-state index contributed by atoms with van der Waals surface area (Å²) in [6, 6.07) is 17.5. The Labute approximate surface area is 175 Å². The quantitative estimate of drug-likeness (QED) is 0.632. The van der Waals surface area contributed by atoms with Crippen molar-refractivity contribution in [3.8, 4) is 11.5 Å². The molecule has 0 unspecified atom stereocenters. The molecule has 0 amide bonds. The van der Waals surface area contributed by atoms with Crippen molar-refractivity contribution in [1.82, 2.24) is 4.90 Å². The van der Waals surface area contributed by atoms with Crippen LogP contribution in [0.1, 0.15) is 37.8 Å². The summed E-state index contributed by atoms with van der Waals surface area (Å²) >= 11 is 0. The Morgan fingerprint density at radius 1 is 1.07 bits per heavy atom. The molecule has 1 heterocycles. The lowest BCUT2D eigenvalue weighted by Crippen LogP contribution is -2.51. The Morgan fingerprint density at radius 2 is 1.79 bits per heavy atom. The van der Waals surface area contributed by atoms with Crippen LogP contribution in [0.25, 0.3) is 0 Å². The van der Waals surface area contributed by atoms with Crippen molar-refractivity contribution in [2.45, 2.75) is 38.1 Å². The predicted molar refractivity (Wildman–Crippen MR) is 121 cm³/mol. The number of methoxy groups -OCH3 is 2. The van der Waals surface area contributed by atoms with Crippen LogP contribution in [-0.2, 0) is 5.41 Å². The van der Waals surface area contributed by atoms with Gasteiger partial charge in [-0.05, 0) is 62.1 Å². The van der Waals surface area contributed by atoms with Gasteiger partial charge in [-0.25, -0.2) is 0 Å². The van der Waals surface area contributed by atoms with Crippen LogP contribution >= 0.6 is 0 Å². The van der Waals surface area contributed by atoms with Gasteiger partial charge in [0.1, 0.15) is 0 Å². The Hall–Kier alpha value is -2.33.